The van der Waals surface area contributed by atoms with Crippen molar-refractivity contribution in [3.8, 4) is 0 Å². The molecule has 22 heavy (non-hydrogen) atoms. The largest absolute Gasteiger partial charge is 0.405 e. The molecule has 0 aliphatic carbocycles. The number of alkyl halides is 3. The smallest absolute Gasteiger partial charge is 0.353 e. The van der Waals surface area contributed by atoms with Gasteiger partial charge in [-0.15, -0.1) is 11.8 Å². The van der Waals surface area contributed by atoms with Gasteiger partial charge in [0.15, 0.2) is 0 Å². The molecule has 10 heteroatoms. The number of nitrogens with one attached hydrogen (secondary N) is 2. The highest BCUT2D eigenvalue weighted by Gasteiger charge is 2.43. The zero-order valence-electron chi connectivity index (χ0n) is 12.0. The maximum absolute atomic E-state index is 13.1. The Bertz CT molecular complexity index is 416. The van der Waals surface area contributed by atoms with E-state index in [0.717, 1.165) is 0 Å². The van der Waals surface area contributed by atoms with Gasteiger partial charge in [0.2, 0.25) is 11.8 Å². The molecule has 2 N–H and O–H groups in total. The summed E-state index contributed by atoms with van der Waals surface area (Å²) < 4.78 is 39.4. The number of amides is 2. The zero-order valence-corrected chi connectivity index (χ0v) is 12.8. The summed E-state index contributed by atoms with van der Waals surface area (Å²) in [6.45, 7) is 0.915. The Balaban J connectivity index is 1.84. The van der Waals surface area contributed by atoms with Crippen LogP contribution in [0, 0.1) is 0 Å². The molecule has 126 valence electrons. The van der Waals surface area contributed by atoms with Crippen LogP contribution in [0.1, 0.15) is 0 Å². The van der Waals surface area contributed by atoms with E-state index in [2.05, 4.69) is 10.6 Å². The van der Waals surface area contributed by atoms with Crippen LogP contribution in [0.5, 0.6) is 0 Å². The van der Waals surface area contributed by atoms with Gasteiger partial charge in [0.05, 0.1) is 11.6 Å². The Morgan fingerprint density at radius 1 is 1.36 bits per heavy atom. The number of carbonyl (C=O) groups is 2. The number of thioether (sulfide) groups is 1. The third-order valence-electron chi connectivity index (χ3n) is 3.62. The van der Waals surface area contributed by atoms with Gasteiger partial charge < -0.3 is 15.5 Å². The summed E-state index contributed by atoms with van der Waals surface area (Å²) in [6.07, 6.45) is -4.40. The number of rotatable bonds is 5. The second-order valence-electron chi connectivity index (χ2n) is 5.22. The Labute approximate surface area is 130 Å². The highest BCUT2D eigenvalue weighted by Crippen LogP contribution is 2.24. The number of halogens is 3. The van der Waals surface area contributed by atoms with Gasteiger partial charge in [-0.25, -0.2) is 0 Å². The predicted molar refractivity (Wildman–Crippen MR) is 76.3 cm³/mol. The SMILES string of the molecule is O=C(CN1CSCC1=O)NCC(N1CCNCC1)C(F)(F)F. The third-order valence-corrected chi connectivity index (χ3v) is 4.57. The maximum atomic E-state index is 13.1. The molecule has 0 aromatic rings. The molecule has 2 saturated heterocycles. The molecule has 0 aromatic carbocycles. The summed E-state index contributed by atoms with van der Waals surface area (Å²) in [5.74, 6) is 0.0151. The van der Waals surface area contributed by atoms with E-state index >= 15 is 0 Å². The van der Waals surface area contributed by atoms with E-state index in [1.54, 1.807) is 0 Å². The van der Waals surface area contributed by atoms with Crippen molar-refractivity contribution in [2.45, 2.75) is 12.2 Å². The van der Waals surface area contributed by atoms with Crippen LogP contribution in [0.2, 0.25) is 0 Å². The Hall–Kier alpha value is -1.00. The van der Waals surface area contributed by atoms with Crippen LogP contribution >= 0.6 is 11.8 Å². The molecule has 2 amide bonds. The lowest BCUT2D eigenvalue weighted by molar-refractivity contribution is -0.184. The summed E-state index contributed by atoms with van der Waals surface area (Å²) in [4.78, 5) is 25.8. The van der Waals surface area contributed by atoms with Gasteiger partial charge in [-0.3, -0.25) is 14.5 Å². The normalized spacial score (nSPS) is 22.0. The standard InChI is InChI=1S/C12H19F3N4O2S/c13-12(14,15)9(18-3-1-16-2-4-18)5-17-10(20)6-19-8-22-7-11(19)21/h9,16H,1-8H2,(H,17,20). The summed E-state index contributed by atoms with van der Waals surface area (Å²) in [7, 11) is 0. The van der Waals surface area contributed by atoms with Crippen molar-refractivity contribution in [1.82, 2.24) is 20.4 Å². The number of piperazine rings is 1. The lowest BCUT2D eigenvalue weighted by atomic mass is 10.2. The highest BCUT2D eigenvalue weighted by molar-refractivity contribution is 8.00. The van der Waals surface area contributed by atoms with E-state index < -0.39 is 24.7 Å². The number of hydrogen-bond donors (Lipinski definition) is 2. The Morgan fingerprint density at radius 3 is 2.59 bits per heavy atom. The van der Waals surface area contributed by atoms with Crippen molar-refractivity contribution in [2.75, 3.05) is 50.9 Å². The topological polar surface area (TPSA) is 64.7 Å². The summed E-state index contributed by atoms with van der Waals surface area (Å²) in [5, 5.41) is 5.31. The van der Waals surface area contributed by atoms with Gasteiger partial charge in [-0.1, -0.05) is 0 Å². The van der Waals surface area contributed by atoms with Crippen molar-refractivity contribution >= 4 is 23.6 Å². The number of nitrogens with zero attached hydrogens (tertiary/aromatic N) is 2. The third kappa shape index (κ3) is 4.75. The summed E-state index contributed by atoms with van der Waals surface area (Å²) in [5.41, 5.74) is 0. The van der Waals surface area contributed by atoms with Crippen molar-refractivity contribution in [2.24, 2.45) is 0 Å². The fourth-order valence-electron chi connectivity index (χ4n) is 2.43. The molecule has 1 unspecified atom stereocenters. The van der Waals surface area contributed by atoms with E-state index in [1.807, 2.05) is 0 Å². The van der Waals surface area contributed by atoms with Crippen molar-refractivity contribution in [3.05, 3.63) is 0 Å². The Kier molecular flexibility index (Phi) is 5.93. The summed E-state index contributed by atoms with van der Waals surface area (Å²) >= 11 is 1.38. The van der Waals surface area contributed by atoms with E-state index in [9.17, 15) is 22.8 Å². The monoisotopic (exact) mass is 340 g/mol. The quantitative estimate of drug-likeness (QED) is 0.705. The van der Waals surface area contributed by atoms with Gasteiger partial charge in [0, 0.05) is 32.7 Å². The van der Waals surface area contributed by atoms with E-state index in [4.69, 9.17) is 0 Å². The molecule has 0 aromatic heterocycles. The molecule has 1 atom stereocenters. The minimum absolute atomic E-state index is 0.158. The number of hydrogen-bond acceptors (Lipinski definition) is 5. The lowest BCUT2D eigenvalue weighted by Crippen LogP contribution is -2.58. The van der Waals surface area contributed by atoms with Crippen molar-refractivity contribution in [3.63, 3.8) is 0 Å². The minimum Gasteiger partial charge on any atom is -0.353 e. The first-order valence-electron chi connectivity index (χ1n) is 7.01. The molecular formula is C12H19F3N4O2S. The van der Waals surface area contributed by atoms with Crippen LogP contribution in [0.3, 0.4) is 0 Å². The Morgan fingerprint density at radius 2 is 2.05 bits per heavy atom. The van der Waals surface area contributed by atoms with E-state index in [-0.39, 0.29) is 12.5 Å². The van der Waals surface area contributed by atoms with Crippen LogP contribution in [0.25, 0.3) is 0 Å². The zero-order chi connectivity index (χ0) is 16.2. The van der Waals surface area contributed by atoms with Crippen LogP contribution in [-0.2, 0) is 9.59 Å². The first kappa shape index (κ1) is 17.4. The second-order valence-corrected chi connectivity index (χ2v) is 6.17. The van der Waals surface area contributed by atoms with Crippen LogP contribution in [0.4, 0.5) is 13.2 Å². The van der Waals surface area contributed by atoms with Crippen molar-refractivity contribution < 1.29 is 22.8 Å². The molecule has 2 rings (SSSR count). The minimum atomic E-state index is -4.40. The van der Waals surface area contributed by atoms with Crippen molar-refractivity contribution in [1.29, 1.82) is 0 Å². The van der Waals surface area contributed by atoms with Gasteiger partial charge in [-0.05, 0) is 0 Å². The first-order valence-corrected chi connectivity index (χ1v) is 8.17. The molecule has 2 heterocycles. The molecular weight excluding hydrogens is 321 g/mol. The molecule has 2 aliphatic heterocycles. The second kappa shape index (κ2) is 7.51. The fourth-order valence-corrected chi connectivity index (χ4v) is 3.33. The van der Waals surface area contributed by atoms with Crippen LogP contribution in [0.15, 0.2) is 0 Å². The number of carbonyl (C=O) groups excluding carboxylic acids is 2. The van der Waals surface area contributed by atoms with Crippen LogP contribution < -0.4 is 10.6 Å². The average molecular weight is 340 g/mol. The molecule has 0 spiro atoms. The molecule has 2 aliphatic rings. The first-order chi connectivity index (χ1) is 10.4. The summed E-state index contributed by atoms with van der Waals surface area (Å²) in [6, 6.07) is -1.69. The van der Waals surface area contributed by atoms with E-state index in [0.29, 0.717) is 37.8 Å². The average Bonchev–Trinajstić information content (AvgIpc) is 2.84. The highest BCUT2D eigenvalue weighted by atomic mass is 32.2. The van der Waals surface area contributed by atoms with Gasteiger partial charge in [0.1, 0.15) is 12.6 Å². The van der Waals surface area contributed by atoms with Gasteiger partial charge in [-0.2, -0.15) is 13.2 Å². The van der Waals surface area contributed by atoms with Gasteiger partial charge >= 0.3 is 6.18 Å². The van der Waals surface area contributed by atoms with Gasteiger partial charge in [0.25, 0.3) is 0 Å². The molecule has 0 saturated carbocycles. The molecule has 0 bridgehead atoms. The predicted octanol–water partition coefficient (Wildman–Crippen LogP) is -0.528. The molecule has 2 fully saturated rings. The molecule has 0 radical (unpaired) electrons. The molecule has 6 nitrogen and oxygen atoms in total. The lowest BCUT2D eigenvalue weighted by Gasteiger charge is -2.36. The van der Waals surface area contributed by atoms with E-state index in [1.165, 1.54) is 21.6 Å². The fraction of sp³-hybridized carbons (Fsp3) is 0.833. The maximum Gasteiger partial charge on any atom is 0.405 e. The van der Waals surface area contributed by atoms with Crippen LogP contribution in [-0.4, -0.2) is 84.7 Å².